The van der Waals surface area contributed by atoms with Crippen LogP contribution in [0.4, 0.5) is 0 Å². The quantitative estimate of drug-likeness (QED) is 0.647. The maximum absolute atomic E-state index is 12.2. The van der Waals surface area contributed by atoms with E-state index in [4.69, 9.17) is 35.4 Å². The van der Waals surface area contributed by atoms with E-state index in [0.717, 1.165) is 5.82 Å². The molecule has 0 aliphatic carbocycles. The van der Waals surface area contributed by atoms with E-state index in [9.17, 15) is 9.59 Å². The molecule has 2 amide bonds. The Bertz CT molecular complexity index is 849. The van der Waals surface area contributed by atoms with Crippen molar-refractivity contribution in [2.24, 2.45) is 7.05 Å². The van der Waals surface area contributed by atoms with Crippen LogP contribution in [0.15, 0.2) is 18.2 Å². The zero-order chi connectivity index (χ0) is 18.6. The summed E-state index contributed by atoms with van der Waals surface area (Å²) in [6, 6.07) is 4.01. The van der Waals surface area contributed by atoms with Gasteiger partial charge in [-0.15, -0.1) is 0 Å². The Morgan fingerprint density at radius 2 is 2.12 bits per heavy atom. The van der Waals surface area contributed by atoms with Crippen molar-refractivity contribution >= 4 is 47.2 Å². The van der Waals surface area contributed by atoms with Crippen LogP contribution in [0.5, 0.6) is 0 Å². The molecule has 134 valence electrons. The molecule has 0 saturated carbocycles. The van der Waals surface area contributed by atoms with Gasteiger partial charge in [-0.3, -0.25) is 14.7 Å². The van der Waals surface area contributed by atoms with E-state index in [0.29, 0.717) is 17.7 Å². The van der Waals surface area contributed by atoms with Crippen LogP contribution >= 0.6 is 35.4 Å². The lowest BCUT2D eigenvalue weighted by atomic mass is 10.2. The molecule has 1 atom stereocenters. The molecule has 1 unspecified atom stereocenters. The third-order valence-electron chi connectivity index (χ3n) is 3.56. The number of hydrogen-bond donors (Lipinski definition) is 3. The highest BCUT2D eigenvalue weighted by atomic mass is 35.5. The Hall–Kier alpha value is -1.90. The summed E-state index contributed by atoms with van der Waals surface area (Å²) in [4.78, 5) is 24.3. The lowest BCUT2D eigenvalue weighted by Crippen LogP contribution is -2.45. The second-order valence-corrected chi connectivity index (χ2v) is 6.51. The Morgan fingerprint density at radius 1 is 1.40 bits per heavy atom. The Labute approximate surface area is 159 Å². The van der Waals surface area contributed by atoms with Gasteiger partial charge in [-0.05, 0) is 31.3 Å². The van der Waals surface area contributed by atoms with Crippen molar-refractivity contribution < 1.29 is 9.59 Å². The van der Waals surface area contributed by atoms with Gasteiger partial charge < -0.3 is 15.2 Å². The summed E-state index contributed by atoms with van der Waals surface area (Å²) in [6.07, 6.45) is 0.510. The number of carbonyl (C=O) groups excluding carboxylic acids is 2. The summed E-state index contributed by atoms with van der Waals surface area (Å²) in [5, 5.41) is 12.5. The zero-order valence-electron chi connectivity index (χ0n) is 13.6. The minimum atomic E-state index is -0.731. The van der Waals surface area contributed by atoms with Crippen molar-refractivity contribution in [1.82, 2.24) is 25.4 Å². The monoisotopic (exact) mass is 401 g/mol. The van der Waals surface area contributed by atoms with Gasteiger partial charge >= 0.3 is 0 Å². The third kappa shape index (κ3) is 4.81. The second kappa shape index (κ2) is 8.46. The van der Waals surface area contributed by atoms with Gasteiger partial charge in [-0.25, -0.2) is 0 Å². The molecule has 0 bridgehead atoms. The fraction of sp³-hybridized carbons (Fsp3) is 0.333. The first-order valence-electron chi connectivity index (χ1n) is 7.44. The first-order valence-corrected chi connectivity index (χ1v) is 8.60. The molecule has 2 aromatic rings. The Morgan fingerprint density at radius 3 is 2.76 bits per heavy atom. The summed E-state index contributed by atoms with van der Waals surface area (Å²) in [5.41, 5.74) is 0.218. The number of nitrogens with one attached hydrogen (secondary N) is 3. The predicted octanol–water partition coefficient (Wildman–Crippen LogP) is 2.26. The molecule has 1 heterocycles. The largest absolute Gasteiger partial charge is 0.354 e. The molecule has 0 fully saturated rings. The summed E-state index contributed by atoms with van der Waals surface area (Å²) >= 11 is 16.9. The van der Waals surface area contributed by atoms with Crippen molar-refractivity contribution in [3.63, 3.8) is 0 Å². The number of benzene rings is 1. The van der Waals surface area contributed by atoms with Crippen LogP contribution in [0.2, 0.25) is 10.0 Å². The normalized spacial score (nSPS) is 11.8. The van der Waals surface area contributed by atoms with Gasteiger partial charge in [0.1, 0.15) is 11.9 Å². The van der Waals surface area contributed by atoms with Crippen molar-refractivity contribution in [3.05, 3.63) is 44.4 Å². The molecule has 0 saturated heterocycles. The van der Waals surface area contributed by atoms with Crippen LogP contribution in [0.3, 0.4) is 0 Å². The van der Waals surface area contributed by atoms with Crippen LogP contribution in [-0.2, 0) is 18.3 Å². The summed E-state index contributed by atoms with van der Waals surface area (Å²) in [7, 11) is 1.79. The van der Waals surface area contributed by atoms with Crippen LogP contribution in [0.25, 0.3) is 0 Å². The van der Waals surface area contributed by atoms with Gasteiger partial charge in [-0.1, -0.05) is 29.3 Å². The van der Waals surface area contributed by atoms with E-state index in [1.54, 1.807) is 30.7 Å². The highest BCUT2D eigenvalue weighted by molar-refractivity contribution is 7.71. The molecular weight excluding hydrogens is 385 g/mol. The van der Waals surface area contributed by atoms with E-state index in [-0.39, 0.29) is 21.5 Å². The molecule has 3 N–H and O–H groups in total. The maximum atomic E-state index is 12.2. The highest BCUT2D eigenvalue weighted by Crippen LogP contribution is 2.25. The van der Waals surface area contributed by atoms with Crippen LogP contribution < -0.4 is 10.6 Å². The van der Waals surface area contributed by atoms with Gasteiger partial charge in [0, 0.05) is 20.0 Å². The van der Waals surface area contributed by atoms with Crippen molar-refractivity contribution in [2.75, 3.05) is 6.54 Å². The predicted molar refractivity (Wildman–Crippen MR) is 98.5 cm³/mol. The average molecular weight is 402 g/mol. The number of carbonyl (C=O) groups is 2. The molecular formula is C15H17Cl2N5O2S. The fourth-order valence-electron chi connectivity index (χ4n) is 2.07. The molecule has 25 heavy (non-hydrogen) atoms. The van der Waals surface area contributed by atoms with E-state index < -0.39 is 11.9 Å². The van der Waals surface area contributed by atoms with Gasteiger partial charge in [0.05, 0.1) is 15.6 Å². The van der Waals surface area contributed by atoms with Gasteiger partial charge in [-0.2, -0.15) is 5.10 Å². The molecule has 2 rings (SSSR count). The number of nitrogens with zero attached hydrogens (tertiary/aromatic N) is 2. The molecule has 10 heteroatoms. The highest BCUT2D eigenvalue weighted by Gasteiger charge is 2.19. The van der Waals surface area contributed by atoms with Gasteiger partial charge in [0.25, 0.3) is 5.91 Å². The van der Waals surface area contributed by atoms with E-state index in [1.807, 2.05) is 0 Å². The van der Waals surface area contributed by atoms with Gasteiger partial charge in [0.2, 0.25) is 5.91 Å². The van der Waals surface area contributed by atoms with Crippen molar-refractivity contribution in [1.29, 1.82) is 0 Å². The molecule has 0 aliphatic rings. The molecule has 1 aromatic heterocycles. The lowest BCUT2D eigenvalue weighted by molar-refractivity contribution is -0.122. The molecule has 0 radical (unpaired) electrons. The smallest absolute Gasteiger partial charge is 0.253 e. The van der Waals surface area contributed by atoms with Gasteiger partial charge in [0.15, 0.2) is 4.77 Å². The van der Waals surface area contributed by atoms with Crippen molar-refractivity contribution in [2.45, 2.75) is 19.4 Å². The van der Waals surface area contributed by atoms with Crippen LogP contribution in [-0.4, -0.2) is 39.2 Å². The summed E-state index contributed by atoms with van der Waals surface area (Å²) < 4.78 is 2.24. The average Bonchev–Trinajstić information content (AvgIpc) is 2.89. The number of H-pyrrole nitrogens is 1. The molecule has 0 spiro atoms. The number of rotatable bonds is 6. The number of halogens is 2. The summed E-state index contributed by atoms with van der Waals surface area (Å²) in [6.45, 7) is 1.95. The SMILES string of the molecule is CC(NC(=O)c1cccc(Cl)c1Cl)C(=O)NCCc1n[nH]c(=S)n1C. The second-order valence-electron chi connectivity index (χ2n) is 5.34. The fourth-order valence-corrected chi connectivity index (χ4v) is 2.61. The molecule has 7 nitrogen and oxygen atoms in total. The first kappa shape index (κ1) is 19.4. The molecule has 0 aliphatic heterocycles. The number of aromatic amines is 1. The van der Waals surface area contributed by atoms with Crippen LogP contribution in [0, 0.1) is 4.77 Å². The van der Waals surface area contributed by atoms with Crippen molar-refractivity contribution in [3.8, 4) is 0 Å². The molecule has 1 aromatic carbocycles. The lowest BCUT2D eigenvalue weighted by Gasteiger charge is -2.15. The Balaban J connectivity index is 1.87. The topological polar surface area (TPSA) is 91.8 Å². The minimum Gasteiger partial charge on any atom is -0.354 e. The maximum Gasteiger partial charge on any atom is 0.253 e. The van der Waals surface area contributed by atoms with E-state index in [1.165, 1.54) is 6.07 Å². The standard InChI is InChI=1S/C15H17Cl2N5O2S/c1-8(19-14(24)9-4-3-5-10(16)12(9)17)13(23)18-7-6-11-20-21-15(25)22(11)2/h3-5,8H,6-7H2,1-2H3,(H,18,23)(H,19,24)(H,21,25). The number of aromatic nitrogens is 3. The van der Waals surface area contributed by atoms with Crippen LogP contribution in [0.1, 0.15) is 23.1 Å². The zero-order valence-corrected chi connectivity index (χ0v) is 15.9. The summed E-state index contributed by atoms with van der Waals surface area (Å²) in [5.74, 6) is -0.0550. The minimum absolute atomic E-state index is 0.153. The first-order chi connectivity index (χ1) is 11.8. The number of hydrogen-bond acceptors (Lipinski definition) is 4. The van der Waals surface area contributed by atoms with E-state index >= 15 is 0 Å². The number of amides is 2. The Kier molecular flexibility index (Phi) is 6.57. The van der Waals surface area contributed by atoms with E-state index in [2.05, 4.69) is 20.8 Å². The third-order valence-corrected chi connectivity index (χ3v) is 4.74.